The summed E-state index contributed by atoms with van der Waals surface area (Å²) in [6, 6.07) is 7.80. The van der Waals surface area contributed by atoms with Gasteiger partial charge in [0.25, 0.3) is 0 Å². The van der Waals surface area contributed by atoms with E-state index in [1.54, 1.807) is 0 Å². The molecule has 0 aliphatic heterocycles. The third-order valence-corrected chi connectivity index (χ3v) is 3.23. The number of para-hydroxylation sites is 1. The lowest BCUT2D eigenvalue weighted by Crippen LogP contribution is -2.27. The minimum atomic E-state index is -0.0537. The normalized spacial score (nSPS) is 12.2. The van der Waals surface area contributed by atoms with Gasteiger partial charge in [-0.15, -0.1) is 0 Å². The van der Waals surface area contributed by atoms with Gasteiger partial charge in [0.1, 0.15) is 5.75 Å². The molecule has 3 N–H and O–H groups in total. The van der Waals surface area contributed by atoms with Crippen LogP contribution in [0.3, 0.4) is 0 Å². The predicted molar refractivity (Wildman–Crippen MR) is 86.3 cm³/mol. The number of nitrogens with one attached hydrogen (secondary N) is 1. The standard InChI is InChI=1S/C17H28N2O2/c1-13(2)21-16-10-7-6-9-15(16)14(3)19-17(20)11-5-4-8-12-18/h6-7,9-10,13-14H,4-5,8,11-12,18H2,1-3H3,(H,19,20). The Balaban J connectivity index is 2.54. The predicted octanol–water partition coefficient (Wildman–Crippen LogP) is 3.17. The SMILES string of the molecule is CC(C)Oc1ccccc1C(C)NC(=O)CCCCCN. The molecule has 1 rings (SSSR count). The van der Waals surface area contributed by atoms with Crippen LogP contribution in [0.2, 0.25) is 0 Å². The van der Waals surface area contributed by atoms with Crippen LogP contribution in [0.4, 0.5) is 0 Å². The largest absolute Gasteiger partial charge is 0.491 e. The molecule has 1 atom stereocenters. The zero-order valence-electron chi connectivity index (χ0n) is 13.4. The van der Waals surface area contributed by atoms with E-state index < -0.39 is 0 Å². The van der Waals surface area contributed by atoms with Gasteiger partial charge in [-0.25, -0.2) is 0 Å². The number of carbonyl (C=O) groups is 1. The molecule has 0 fully saturated rings. The minimum Gasteiger partial charge on any atom is -0.491 e. The highest BCUT2D eigenvalue weighted by molar-refractivity contribution is 5.76. The number of nitrogens with two attached hydrogens (primary N) is 1. The van der Waals surface area contributed by atoms with Crippen LogP contribution in [0.5, 0.6) is 5.75 Å². The lowest BCUT2D eigenvalue weighted by molar-refractivity contribution is -0.121. The topological polar surface area (TPSA) is 64.3 Å². The molecule has 1 amide bonds. The van der Waals surface area contributed by atoms with E-state index in [0.717, 1.165) is 30.6 Å². The van der Waals surface area contributed by atoms with E-state index >= 15 is 0 Å². The number of amides is 1. The van der Waals surface area contributed by atoms with Crippen molar-refractivity contribution >= 4 is 5.91 Å². The molecule has 1 unspecified atom stereocenters. The van der Waals surface area contributed by atoms with Gasteiger partial charge in [-0.3, -0.25) is 4.79 Å². The number of carbonyl (C=O) groups excluding carboxylic acids is 1. The van der Waals surface area contributed by atoms with Crippen molar-refractivity contribution < 1.29 is 9.53 Å². The minimum absolute atomic E-state index is 0.0537. The molecular formula is C17H28N2O2. The van der Waals surface area contributed by atoms with E-state index in [9.17, 15) is 4.79 Å². The number of unbranched alkanes of at least 4 members (excludes halogenated alkanes) is 2. The summed E-state index contributed by atoms with van der Waals surface area (Å²) in [5.41, 5.74) is 6.46. The van der Waals surface area contributed by atoms with Crippen molar-refractivity contribution in [2.45, 2.75) is 58.6 Å². The van der Waals surface area contributed by atoms with Gasteiger partial charge >= 0.3 is 0 Å². The van der Waals surface area contributed by atoms with Crippen LogP contribution in [0.15, 0.2) is 24.3 Å². The third kappa shape index (κ3) is 6.63. The van der Waals surface area contributed by atoms with E-state index in [1.165, 1.54) is 0 Å². The Morgan fingerprint density at radius 3 is 2.57 bits per heavy atom. The molecule has 0 spiro atoms. The molecule has 0 bridgehead atoms. The first kappa shape index (κ1) is 17.5. The maximum Gasteiger partial charge on any atom is 0.220 e. The third-order valence-electron chi connectivity index (χ3n) is 3.23. The highest BCUT2D eigenvalue weighted by Crippen LogP contribution is 2.25. The summed E-state index contributed by atoms with van der Waals surface area (Å²) < 4.78 is 5.80. The first-order valence-corrected chi connectivity index (χ1v) is 7.79. The molecule has 1 aromatic carbocycles. The summed E-state index contributed by atoms with van der Waals surface area (Å²) in [5.74, 6) is 0.919. The lowest BCUT2D eigenvalue weighted by atomic mass is 10.1. The van der Waals surface area contributed by atoms with Gasteiger partial charge in [-0.05, 0) is 46.2 Å². The van der Waals surface area contributed by atoms with Crippen molar-refractivity contribution in [3.63, 3.8) is 0 Å². The average Bonchev–Trinajstić information content (AvgIpc) is 2.43. The molecule has 0 aromatic heterocycles. The number of ether oxygens (including phenoxy) is 1. The Kier molecular flexibility index (Phi) is 7.83. The monoisotopic (exact) mass is 292 g/mol. The molecule has 21 heavy (non-hydrogen) atoms. The average molecular weight is 292 g/mol. The molecule has 118 valence electrons. The number of hydrogen-bond donors (Lipinski definition) is 2. The first-order valence-electron chi connectivity index (χ1n) is 7.79. The van der Waals surface area contributed by atoms with Crippen LogP contribution in [0.1, 0.15) is 58.1 Å². The molecule has 0 aliphatic rings. The zero-order valence-corrected chi connectivity index (χ0v) is 13.4. The van der Waals surface area contributed by atoms with Gasteiger partial charge in [0, 0.05) is 12.0 Å². The van der Waals surface area contributed by atoms with Crippen molar-refractivity contribution in [1.29, 1.82) is 0 Å². The Bertz CT molecular complexity index is 433. The van der Waals surface area contributed by atoms with Gasteiger partial charge in [0.15, 0.2) is 0 Å². The highest BCUT2D eigenvalue weighted by Gasteiger charge is 2.14. The maximum atomic E-state index is 11.9. The summed E-state index contributed by atoms with van der Waals surface area (Å²) in [6.45, 7) is 6.67. The molecule has 0 saturated carbocycles. The molecule has 0 saturated heterocycles. The molecule has 1 aromatic rings. The summed E-state index contributed by atoms with van der Waals surface area (Å²) in [4.78, 5) is 11.9. The molecule has 0 radical (unpaired) electrons. The van der Waals surface area contributed by atoms with E-state index in [2.05, 4.69) is 5.32 Å². The Labute approximate surface area is 128 Å². The van der Waals surface area contributed by atoms with Crippen LogP contribution in [0.25, 0.3) is 0 Å². The fraction of sp³-hybridized carbons (Fsp3) is 0.588. The molecule has 0 aliphatic carbocycles. The summed E-state index contributed by atoms with van der Waals surface area (Å²) >= 11 is 0. The van der Waals surface area contributed by atoms with E-state index in [1.807, 2.05) is 45.0 Å². The van der Waals surface area contributed by atoms with Crippen LogP contribution in [0, 0.1) is 0 Å². The Morgan fingerprint density at radius 1 is 1.19 bits per heavy atom. The maximum absolute atomic E-state index is 11.9. The second kappa shape index (κ2) is 9.40. The van der Waals surface area contributed by atoms with Gasteiger partial charge in [0.2, 0.25) is 5.91 Å². The zero-order chi connectivity index (χ0) is 15.7. The smallest absolute Gasteiger partial charge is 0.220 e. The van der Waals surface area contributed by atoms with E-state index in [-0.39, 0.29) is 18.1 Å². The highest BCUT2D eigenvalue weighted by atomic mass is 16.5. The molecular weight excluding hydrogens is 264 g/mol. The molecule has 4 nitrogen and oxygen atoms in total. The van der Waals surface area contributed by atoms with E-state index in [0.29, 0.717) is 13.0 Å². The van der Waals surface area contributed by atoms with E-state index in [4.69, 9.17) is 10.5 Å². The van der Waals surface area contributed by atoms with Crippen LogP contribution in [-0.2, 0) is 4.79 Å². The van der Waals surface area contributed by atoms with Crippen LogP contribution < -0.4 is 15.8 Å². The lowest BCUT2D eigenvalue weighted by Gasteiger charge is -2.19. The fourth-order valence-corrected chi connectivity index (χ4v) is 2.20. The van der Waals surface area contributed by atoms with Crippen LogP contribution >= 0.6 is 0 Å². The number of rotatable bonds is 9. The summed E-state index contributed by atoms with van der Waals surface area (Å²) in [7, 11) is 0. The second-order valence-electron chi connectivity index (χ2n) is 5.59. The van der Waals surface area contributed by atoms with Crippen molar-refractivity contribution in [1.82, 2.24) is 5.32 Å². The summed E-state index contributed by atoms with van der Waals surface area (Å²) in [5, 5.41) is 3.04. The first-order chi connectivity index (χ1) is 10.0. The quantitative estimate of drug-likeness (QED) is 0.687. The summed E-state index contributed by atoms with van der Waals surface area (Å²) in [6.07, 6.45) is 3.54. The van der Waals surface area contributed by atoms with Crippen LogP contribution in [-0.4, -0.2) is 18.6 Å². The number of benzene rings is 1. The van der Waals surface area contributed by atoms with Crippen molar-refractivity contribution in [2.75, 3.05) is 6.54 Å². The molecule has 0 heterocycles. The van der Waals surface area contributed by atoms with Crippen molar-refractivity contribution in [3.8, 4) is 5.75 Å². The Hall–Kier alpha value is -1.55. The fourth-order valence-electron chi connectivity index (χ4n) is 2.20. The second-order valence-corrected chi connectivity index (χ2v) is 5.59. The van der Waals surface area contributed by atoms with Gasteiger partial charge < -0.3 is 15.8 Å². The van der Waals surface area contributed by atoms with Gasteiger partial charge in [-0.2, -0.15) is 0 Å². The number of hydrogen-bond acceptors (Lipinski definition) is 3. The molecule has 4 heteroatoms. The van der Waals surface area contributed by atoms with Crippen molar-refractivity contribution in [2.24, 2.45) is 5.73 Å². The Morgan fingerprint density at radius 2 is 1.90 bits per heavy atom. The van der Waals surface area contributed by atoms with Crippen molar-refractivity contribution in [3.05, 3.63) is 29.8 Å². The van der Waals surface area contributed by atoms with Gasteiger partial charge in [-0.1, -0.05) is 24.6 Å². The van der Waals surface area contributed by atoms with Gasteiger partial charge in [0.05, 0.1) is 12.1 Å².